The predicted molar refractivity (Wildman–Crippen MR) is 114 cm³/mol. The lowest BCUT2D eigenvalue weighted by atomic mass is 10.1. The van der Waals surface area contributed by atoms with Crippen LogP contribution < -0.4 is 10.1 Å². The molecule has 0 aliphatic rings. The van der Waals surface area contributed by atoms with Crippen LogP contribution in [0, 0.1) is 5.82 Å². The number of thiazole rings is 1. The third-order valence-corrected chi connectivity index (χ3v) is 5.16. The topological polar surface area (TPSA) is 54.5 Å². The number of nitrogens with one attached hydrogen (secondary N) is 1. The molecule has 0 unspecified atom stereocenters. The van der Waals surface area contributed by atoms with Crippen molar-refractivity contribution in [2.24, 2.45) is 0 Å². The second kappa shape index (κ2) is 10.1. The number of hydrogen-bond acceptors (Lipinski definition) is 5. The molecule has 152 valence electrons. The lowest BCUT2D eigenvalue weighted by molar-refractivity contribution is -0.117. The first-order valence-corrected chi connectivity index (χ1v) is 10.3. The van der Waals surface area contributed by atoms with Crippen LogP contribution in [0.15, 0.2) is 53.9 Å². The van der Waals surface area contributed by atoms with Crippen LogP contribution in [0.5, 0.6) is 5.75 Å². The Morgan fingerprint density at radius 1 is 1.21 bits per heavy atom. The van der Waals surface area contributed by atoms with Crippen molar-refractivity contribution in [3.05, 3.63) is 76.0 Å². The molecular weight excluding hydrogens is 389 g/mol. The molecule has 5 nitrogen and oxygen atoms in total. The van der Waals surface area contributed by atoms with Crippen molar-refractivity contribution in [2.45, 2.75) is 26.5 Å². The Kier molecular flexibility index (Phi) is 7.32. The molecule has 0 saturated heterocycles. The first-order chi connectivity index (χ1) is 14.0. The van der Waals surface area contributed by atoms with E-state index in [-0.39, 0.29) is 18.3 Å². The summed E-state index contributed by atoms with van der Waals surface area (Å²) in [5.74, 6) is 0.256. The van der Waals surface area contributed by atoms with Gasteiger partial charge < -0.3 is 10.1 Å². The lowest BCUT2D eigenvalue weighted by Crippen LogP contribution is -2.30. The third-order valence-electron chi connectivity index (χ3n) is 4.29. The van der Waals surface area contributed by atoms with Gasteiger partial charge in [-0.25, -0.2) is 9.37 Å². The summed E-state index contributed by atoms with van der Waals surface area (Å²) in [6, 6.07) is 13.7. The first-order valence-electron chi connectivity index (χ1n) is 9.41. The molecule has 1 heterocycles. The zero-order chi connectivity index (χ0) is 20.6. The number of halogens is 1. The van der Waals surface area contributed by atoms with E-state index in [9.17, 15) is 9.18 Å². The quantitative estimate of drug-likeness (QED) is 0.561. The number of amides is 1. The summed E-state index contributed by atoms with van der Waals surface area (Å²) in [4.78, 5) is 18.8. The highest BCUT2D eigenvalue weighted by Crippen LogP contribution is 2.17. The average Bonchev–Trinajstić information content (AvgIpc) is 3.15. The zero-order valence-corrected chi connectivity index (χ0v) is 17.3. The van der Waals surface area contributed by atoms with Crippen molar-refractivity contribution in [1.82, 2.24) is 9.88 Å². The van der Waals surface area contributed by atoms with Crippen LogP contribution in [-0.2, 0) is 24.4 Å². The molecule has 0 fully saturated rings. The molecule has 0 aliphatic carbocycles. The Morgan fingerprint density at radius 2 is 1.97 bits per heavy atom. The Hall–Kier alpha value is -2.77. The van der Waals surface area contributed by atoms with E-state index in [1.807, 2.05) is 41.6 Å². The summed E-state index contributed by atoms with van der Waals surface area (Å²) >= 11 is 1.50. The molecule has 1 aromatic heterocycles. The van der Waals surface area contributed by atoms with E-state index >= 15 is 0 Å². The summed E-state index contributed by atoms with van der Waals surface area (Å²) < 4.78 is 18.5. The number of likely N-dealkylation sites (N-methyl/N-ethyl adjacent to an activating group) is 1. The van der Waals surface area contributed by atoms with Gasteiger partial charge in [-0.05, 0) is 49.4 Å². The maximum absolute atomic E-state index is 12.9. The number of ether oxygens (including phenoxy) is 1. The number of anilines is 1. The second-order valence-electron chi connectivity index (χ2n) is 6.71. The summed E-state index contributed by atoms with van der Waals surface area (Å²) in [6.45, 7) is 3.23. The number of aryl methyl sites for hydroxylation is 1. The fourth-order valence-electron chi connectivity index (χ4n) is 2.88. The molecule has 0 aliphatic heterocycles. The van der Waals surface area contributed by atoms with Crippen molar-refractivity contribution in [3.63, 3.8) is 0 Å². The molecule has 2 aromatic carbocycles. The lowest BCUT2D eigenvalue weighted by Gasteiger charge is -2.16. The van der Waals surface area contributed by atoms with Gasteiger partial charge in [0.25, 0.3) is 0 Å². The normalized spacial score (nSPS) is 10.9. The van der Waals surface area contributed by atoms with Gasteiger partial charge in [-0.3, -0.25) is 9.69 Å². The monoisotopic (exact) mass is 413 g/mol. The molecule has 0 radical (unpaired) electrons. The maximum Gasteiger partial charge on any atom is 0.238 e. The molecule has 7 heteroatoms. The number of hydrogen-bond donors (Lipinski definition) is 1. The van der Waals surface area contributed by atoms with Gasteiger partial charge >= 0.3 is 0 Å². The van der Waals surface area contributed by atoms with Gasteiger partial charge in [-0.2, -0.15) is 0 Å². The Bertz CT molecular complexity index is 943. The highest BCUT2D eigenvalue weighted by Gasteiger charge is 2.11. The smallest absolute Gasteiger partial charge is 0.238 e. The van der Waals surface area contributed by atoms with E-state index in [1.54, 1.807) is 12.1 Å². The van der Waals surface area contributed by atoms with Crippen molar-refractivity contribution in [3.8, 4) is 5.75 Å². The van der Waals surface area contributed by atoms with E-state index in [2.05, 4.69) is 17.2 Å². The number of carbonyl (C=O) groups excluding carboxylic acids is 1. The van der Waals surface area contributed by atoms with Crippen LogP contribution in [0.25, 0.3) is 0 Å². The Morgan fingerprint density at radius 3 is 2.72 bits per heavy atom. The SMILES string of the molecule is CCc1ccccc1NC(=O)CN(C)Cc1csc(COc2ccc(F)cc2)n1. The number of para-hydroxylation sites is 1. The number of carbonyl (C=O) groups is 1. The van der Waals surface area contributed by atoms with E-state index in [1.165, 1.54) is 23.5 Å². The molecule has 3 rings (SSSR count). The molecule has 3 aromatic rings. The van der Waals surface area contributed by atoms with E-state index in [0.717, 1.165) is 28.4 Å². The molecule has 0 spiro atoms. The number of nitrogens with zero attached hydrogens (tertiary/aromatic N) is 2. The van der Waals surface area contributed by atoms with E-state index < -0.39 is 0 Å². The summed E-state index contributed by atoms with van der Waals surface area (Å²) in [6.07, 6.45) is 0.869. The van der Waals surface area contributed by atoms with Crippen molar-refractivity contribution in [2.75, 3.05) is 18.9 Å². The van der Waals surface area contributed by atoms with Crippen molar-refractivity contribution >= 4 is 22.9 Å². The summed E-state index contributed by atoms with van der Waals surface area (Å²) in [7, 11) is 1.89. The number of benzene rings is 2. The molecule has 0 saturated carbocycles. The van der Waals surface area contributed by atoms with Gasteiger partial charge in [0, 0.05) is 17.6 Å². The van der Waals surface area contributed by atoms with E-state index in [0.29, 0.717) is 18.9 Å². The second-order valence-corrected chi connectivity index (χ2v) is 7.65. The predicted octanol–water partition coefficient (Wildman–Crippen LogP) is 4.49. The molecule has 29 heavy (non-hydrogen) atoms. The maximum atomic E-state index is 12.9. The van der Waals surface area contributed by atoms with Crippen LogP contribution in [0.2, 0.25) is 0 Å². The summed E-state index contributed by atoms with van der Waals surface area (Å²) in [5, 5.41) is 5.78. The van der Waals surface area contributed by atoms with E-state index in [4.69, 9.17) is 4.74 Å². The Balaban J connectivity index is 1.47. The standard InChI is InChI=1S/C22H24FN3O2S/c1-3-16-6-4-5-7-20(16)25-21(27)13-26(2)12-18-15-29-22(24-18)14-28-19-10-8-17(23)9-11-19/h4-11,15H,3,12-14H2,1-2H3,(H,25,27). The van der Waals surface area contributed by atoms with Gasteiger partial charge in [0.05, 0.1) is 12.2 Å². The number of rotatable bonds is 9. The highest BCUT2D eigenvalue weighted by molar-refractivity contribution is 7.09. The van der Waals surface area contributed by atoms with Crippen LogP contribution in [0.3, 0.4) is 0 Å². The Labute approximate surface area is 174 Å². The molecule has 0 bridgehead atoms. The highest BCUT2D eigenvalue weighted by atomic mass is 32.1. The van der Waals surface area contributed by atoms with Crippen molar-refractivity contribution in [1.29, 1.82) is 0 Å². The zero-order valence-electron chi connectivity index (χ0n) is 16.5. The van der Waals surface area contributed by atoms with Gasteiger partial charge in [0.15, 0.2) is 0 Å². The molecular formula is C22H24FN3O2S. The molecule has 1 amide bonds. The third kappa shape index (κ3) is 6.37. The summed E-state index contributed by atoms with van der Waals surface area (Å²) in [5.41, 5.74) is 2.87. The van der Waals surface area contributed by atoms with Gasteiger partial charge in [0.1, 0.15) is 23.2 Å². The number of aromatic nitrogens is 1. The van der Waals surface area contributed by atoms with Crippen LogP contribution in [0.4, 0.5) is 10.1 Å². The first kappa shape index (κ1) is 21.0. The largest absolute Gasteiger partial charge is 0.486 e. The minimum absolute atomic E-state index is 0.0523. The minimum Gasteiger partial charge on any atom is -0.486 e. The van der Waals surface area contributed by atoms with Crippen LogP contribution in [-0.4, -0.2) is 29.4 Å². The molecule has 0 atom stereocenters. The van der Waals surface area contributed by atoms with Crippen LogP contribution in [0.1, 0.15) is 23.2 Å². The molecule has 1 N–H and O–H groups in total. The van der Waals surface area contributed by atoms with Gasteiger partial charge in [-0.1, -0.05) is 25.1 Å². The van der Waals surface area contributed by atoms with Crippen molar-refractivity contribution < 1.29 is 13.9 Å². The van der Waals surface area contributed by atoms with Crippen LogP contribution >= 0.6 is 11.3 Å². The van der Waals surface area contributed by atoms with Gasteiger partial charge in [-0.15, -0.1) is 11.3 Å². The fourth-order valence-corrected chi connectivity index (χ4v) is 3.58. The minimum atomic E-state index is -0.292. The fraction of sp³-hybridized carbons (Fsp3) is 0.273. The average molecular weight is 414 g/mol. The van der Waals surface area contributed by atoms with Gasteiger partial charge in [0.2, 0.25) is 5.91 Å².